The van der Waals surface area contributed by atoms with Crippen molar-refractivity contribution in [1.82, 2.24) is 20.4 Å². The summed E-state index contributed by atoms with van der Waals surface area (Å²) in [6.45, 7) is 1.71. The SMILES string of the molecule is COc1nnc(C)nn1. The summed E-state index contributed by atoms with van der Waals surface area (Å²) in [6, 6.07) is 0.195. The molecule has 0 atom stereocenters. The standard InChI is InChI=1S/C4H6N4O/c1-3-5-7-4(9-2)8-6-3/h1-2H3. The fraction of sp³-hybridized carbons (Fsp3) is 0.500. The monoisotopic (exact) mass is 126 g/mol. The van der Waals surface area contributed by atoms with Gasteiger partial charge in [-0.25, -0.2) is 0 Å². The van der Waals surface area contributed by atoms with Crippen LogP contribution in [0.5, 0.6) is 6.01 Å². The minimum atomic E-state index is 0.195. The number of aryl methyl sites for hydroxylation is 1. The summed E-state index contributed by atoms with van der Waals surface area (Å²) in [5.74, 6) is 0.538. The van der Waals surface area contributed by atoms with Crippen molar-refractivity contribution in [3.05, 3.63) is 5.82 Å². The third-order valence-corrected chi connectivity index (χ3v) is 0.743. The summed E-state index contributed by atoms with van der Waals surface area (Å²) < 4.78 is 4.62. The Morgan fingerprint density at radius 1 is 1.11 bits per heavy atom. The Morgan fingerprint density at radius 3 is 2.11 bits per heavy atom. The number of nitrogens with zero attached hydrogens (tertiary/aromatic N) is 4. The van der Waals surface area contributed by atoms with Crippen molar-refractivity contribution >= 4 is 0 Å². The maximum Gasteiger partial charge on any atom is 0.354 e. The predicted octanol–water partition coefficient (Wildman–Crippen LogP) is -0.416. The summed E-state index contributed by atoms with van der Waals surface area (Å²) in [5, 5.41) is 14.3. The van der Waals surface area contributed by atoms with E-state index >= 15 is 0 Å². The largest absolute Gasteiger partial charge is 0.465 e. The first-order valence-corrected chi connectivity index (χ1v) is 2.41. The van der Waals surface area contributed by atoms with Crippen LogP contribution in [0, 0.1) is 6.92 Å². The van der Waals surface area contributed by atoms with Crippen LogP contribution in [-0.2, 0) is 0 Å². The lowest BCUT2D eigenvalue weighted by Gasteiger charge is -1.91. The lowest BCUT2D eigenvalue weighted by molar-refractivity contribution is 0.364. The number of ether oxygens (including phenoxy) is 1. The van der Waals surface area contributed by atoms with Crippen LogP contribution >= 0.6 is 0 Å². The normalized spacial score (nSPS) is 9.11. The molecule has 0 N–H and O–H groups in total. The molecule has 48 valence electrons. The molecule has 1 heterocycles. The molecule has 0 aliphatic carbocycles. The van der Waals surface area contributed by atoms with Gasteiger partial charge in [0.1, 0.15) is 0 Å². The summed E-state index contributed by atoms with van der Waals surface area (Å²) in [4.78, 5) is 0. The van der Waals surface area contributed by atoms with Gasteiger partial charge in [-0.15, -0.1) is 10.2 Å². The number of hydrogen-bond donors (Lipinski definition) is 0. The third kappa shape index (κ3) is 1.31. The van der Waals surface area contributed by atoms with Crippen LogP contribution in [0.2, 0.25) is 0 Å². The fourth-order valence-corrected chi connectivity index (χ4v) is 0.352. The smallest absolute Gasteiger partial charge is 0.354 e. The first kappa shape index (κ1) is 5.87. The summed E-state index contributed by atoms with van der Waals surface area (Å²) in [6.07, 6.45) is 0. The number of hydrogen-bond acceptors (Lipinski definition) is 5. The number of aromatic nitrogens is 4. The minimum Gasteiger partial charge on any atom is -0.465 e. The highest BCUT2D eigenvalue weighted by atomic mass is 16.5. The van der Waals surface area contributed by atoms with Crippen LogP contribution in [0.25, 0.3) is 0 Å². The molecule has 1 aromatic heterocycles. The van der Waals surface area contributed by atoms with E-state index in [4.69, 9.17) is 0 Å². The van der Waals surface area contributed by atoms with Gasteiger partial charge in [0.15, 0.2) is 5.82 Å². The molecule has 0 aliphatic rings. The van der Waals surface area contributed by atoms with Crippen LogP contribution in [0.3, 0.4) is 0 Å². The maximum absolute atomic E-state index is 4.62. The molecule has 0 fully saturated rings. The van der Waals surface area contributed by atoms with Gasteiger partial charge >= 0.3 is 6.01 Å². The Kier molecular flexibility index (Phi) is 1.53. The molecule has 0 aromatic carbocycles. The Hall–Kier alpha value is -1.26. The summed E-state index contributed by atoms with van der Waals surface area (Å²) in [7, 11) is 1.47. The molecule has 0 saturated heterocycles. The first-order chi connectivity index (χ1) is 4.33. The summed E-state index contributed by atoms with van der Waals surface area (Å²) >= 11 is 0. The van der Waals surface area contributed by atoms with E-state index in [-0.39, 0.29) is 6.01 Å². The van der Waals surface area contributed by atoms with Gasteiger partial charge < -0.3 is 4.74 Å². The topological polar surface area (TPSA) is 60.8 Å². The van der Waals surface area contributed by atoms with Crippen LogP contribution in [0.15, 0.2) is 0 Å². The van der Waals surface area contributed by atoms with Crippen LogP contribution in [-0.4, -0.2) is 27.5 Å². The Balaban J connectivity index is 2.88. The molecule has 0 bridgehead atoms. The highest BCUT2D eigenvalue weighted by Gasteiger charge is 1.92. The van der Waals surface area contributed by atoms with Crippen LogP contribution < -0.4 is 4.74 Å². The molecule has 0 radical (unpaired) electrons. The van der Waals surface area contributed by atoms with E-state index in [2.05, 4.69) is 25.1 Å². The van der Waals surface area contributed by atoms with Crippen molar-refractivity contribution in [3.63, 3.8) is 0 Å². The molecular formula is C4H6N4O. The van der Waals surface area contributed by atoms with E-state index < -0.39 is 0 Å². The van der Waals surface area contributed by atoms with E-state index in [0.717, 1.165) is 0 Å². The summed E-state index contributed by atoms with van der Waals surface area (Å²) in [5.41, 5.74) is 0. The predicted molar refractivity (Wildman–Crippen MR) is 28.9 cm³/mol. The molecule has 5 nitrogen and oxygen atoms in total. The zero-order valence-corrected chi connectivity index (χ0v) is 5.20. The lowest BCUT2D eigenvalue weighted by Crippen LogP contribution is -1.98. The average molecular weight is 126 g/mol. The fourth-order valence-electron chi connectivity index (χ4n) is 0.352. The van der Waals surface area contributed by atoms with E-state index in [0.29, 0.717) is 5.82 Å². The van der Waals surface area contributed by atoms with E-state index in [1.807, 2.05) is 0 Å². The number of rotatable bonds is 1. The van der Waals surface area contributed by atoms with Crippen molar-refractivity contribution < 1.29 is 4.74 Å². The van der Waals surface area contributed by atoms with E-state index in [1.54, 1.807) is 6.92 Å². The van der Waals surface area contributed by atoms with E-state index in [9.17, 15) is 0 Å². The highest BCUT2D eigenvalue weighted by molar-refractivity contribution is 4.83. The van der Waals surface area contributed by atoms with Gasteiger partial charge in [-0.2, -0.15) is 0 Å². The second-order valence-electron chi connectivity index (χ2n) is 1.43. The second-order valence-corrected chi connectivity index (χ2v) is 1.43. The molecule has 0 spiro atoms. The van der Waals surface area contributed by atoms with Gasteiger partial charge in [-0.3, -0.25) is 0 Å². The molecule has 9 heavy (non-hydrogen) atoms. The van der Waals surface area contributed by atoms with Crippen LogP contribution in [0.1, 0.15) is 5.82 Å². The Morgan fingerprint density at radius 2 is 1.67 bits per heavy atom. The van der Waals surface area contributed by atoms with Gasteiger partial charge in [-0.05, 0) is 6.92 Å². The second kappa shape index (κ2) is 2.34. The third-order valence-electron chi connectivity index (χ3n) is 0.743. The van der Waals surface area contributed by atoms with Gasteiger partial charge in [0, 0.05) is 0 Å². The van der Waals surface area contributed by atoms with Crippen molar-refractivity contribution in [2.45, 2.75) is 6.92 Å². The molecule has 0 amide bonds. The molecule has 1 rings (SSSR count). The molecule has 0 unspecified atom stereocenters. The quantitative estimate of drug-likeness (QED) is 0.511. The average Bonchev–Trinajstić information content (AvgIpc) is 1.90. The van der Waals surface area contributed by atoms with Crippen molar-refractivity contribution in [3.8, 4) is 6.01 Å². The minimum absolute atomic E-state index is 0.195. The zero-order valence-electron chi connectivity index (χ0n) is 5.20. The highest BCUT2D eigenvalue weighted by Crippen LogP contribution is 1.91. The number of methoxy groups -OCH3 is 1. The molecule has 0 saturated carbocycles. The maximum atomic E-state index is 4.62. The zero-order chi connectivity index (χ0) is 6.69. The Bertz CT molecular complexity index is 184. The lowest BCUT2D eigenvalue weighted by atomic mass is 10.8. The molecule has 5 heteroatoms. The van der Waals surface area contributed by atoms with Crippen LogP contribution in [0.4, 0.5) is 0 Å². The van der Waals surface area contributed by atoms with Crippen molar-refractivity contribution in [2.75, 3.05) is 7.11 Å². The van der Waals surface area contributed by atoms with Gasteiger partial charge in [-0.1, -0.05) is 10.2 Å². The van der Waals surface area contributed by atoms with E-state index in [1.165, 1.54) is 7.11 Å². The Labute approximate surface area is 52.1 Å². The molecular weight excluding hydrogens is 120 g/mol. The molecule has 1 aromatic rings. The van der Waals surface area contributed by atoms with Crippen molar-refractivity contribution in [1.29, 1.82) is 0 Å². The van der Waals surface area contributed by atoms with Gasteiger partial charge in [0.2, 0.25) is 0 Å². The van der Waals surface area contributed by atoms with Gasteiger partial charge in [0.25, 0.3) is 0 Å². The van der Waals surface area contributed by atoms with Gasteiger partial charge in [0.05, 0.1) is 7.11 Å². The molecule has 0 aliphatic heterocycles. The van der Waals surface area contributed by atoms with Crippen molar-refractivity contribution in [2.24, 2.45) is 0 Å². The first-order valence-electron chi connectivity index (χ1n) is 2.41.